The van der Waals surface area contributed by atoms with Crippen molar-refractivity contribution in [1.82, 2.24) is 19.5 Å². The maximum atomic E-state index is 9.04. The molecule has 0 saturated carbocycles. The summed E-state index contributed by atoms with van der Waals surface area (Å²) in [5.41, 5.74) is 5.18. The fraction of sp³-hybridized carbons (Fsp3) is 0.318. The molecule has 4 aromatic rings. The zero-order valence-corrected chi connectivity index (χ0v) is 18.0. The molecule has 0 aliphatic rings. The van der Waals surface area contributed by atoms with Crippen molar-refractivity contribution in [3.8, 4) is 11.1 Å². The molecule has 0 saturated heterocycles. The Bertz CT molecular complexity index is 1090. The van der Waals surface area contributed by atoms with E-state index in [1.807, 2.05) is 10.9 Å². The average molecular weight is 423 g/mol. The predicted octanol–water partition coefficient (Wildman–Crippen LogP) is 4.54. The largest absolute Gasteiger partial charge is 0.396 e. The minimum absolute atomic E-state index is 0.131. The van der Waals surface area contributed by atoms with E-state index >= 15 is 0 Å². The third kappa shape index (κ3) is 4.44. The topological polar surface area (TPSA) is 87.9 Å². The molecule has 0 atom stereocenters. The molecule has 0 radical (unpaired) electrons. The van der Waals surface area contributed by atoms with Gasteiger partial charge in [-0.2, -0.15) is 21.3 Å². The van der Waals surface area contributed by atoms with Crippen LogP contribution >= 0.6 is 11.3 Å². The first-order valence-corrected chi connectivity index (χ1v) is 11.0. The van der Waals surface area contributed by atoms with Gasteiger partial charge in [0.15, 0.2) is 17.0 Å². The van der Waals surface area contributed by atoms with Crippen molar-refractivity contribution in [3.63, 3.8) is 0 Å². The Balaban J connectivity index is 1.56. The van der Waals surface area contributed by atoms with E-state index in [0.29, 0.717) is 31.3 Å². The molecular weight excluding hydrogens is 396 g/mol. The summed E-state index contributed by atoms with van der Waals surface area (Å²) in [5.74, 6) is 1.24. The van der Waals surface area contributed by atoms with Gasteiger partial charge >= 0.3 is 0 Å². The number of benzene rings is 1. The van der Waals surface area contributed by atoms with Crippen LogP contribution in [-0.2, 0) is 6.54 Å². The number of nitrogens with one attached hydrogen (secondary N) is 2. The van der Waals surface area contributed by atoms with Crippen molar-refractivity contribution >= 4 is 34.3 Å². The van der Waals surface area contributed by atoms with Crippen LogP contribution in [0.15, 0.2) is 47.4 Å². The first-order valence-electron chi connectivity index (χ1n) is 10.1. The summed E-state index contributed by atoms with van der Waals surface area (Å²) in [5, 5.41) is 19.9. The molecule has 3 heterocycles. The van der Waals surface area contributed by atoms with Gasteiger partial charge in [0.1, 0.15) is 0 Å². The number of aromatic nitrogens is 4. The van der Waals surface area contributed by atoms with E-state index in [1.54, 1.807) is 11.3 Å². The molecule has 8 heteroatoms. The standard InChI is InChI=1S/C22H26N6OS/c1-15(2)28-14-25-19-20(26-22(27-21(19)28)23-9-3-10-29)24-12-16-4-6-17(7-5-16)18-8-11-30-13-18/h4-8,11,13-15,29H,3,9-10,12H2,1-2H3,(H2,23,24,26,27). The monoisotopic (exact) mass is 422 g/mol. The van der Waals surface area contributed by atoms with Crippen LogP contribution in [0.2, 0.25) is 0 Å². The second-order valence-corrected chi connectivity index (χ2v) is 8.16. The maximum Gasteiger partial charge on any atom is 0.226 e. The number of thiophene rings is 1. The van der Waals surface area contributed by atoms with Crippen LogP contribution < -0.4 is 10.6 Å². The molecule has 0 aliphatic carbocycles. The van der Waals surface area contributed by atoms with Crippen LogP contribution in [0, 0.1) is 0 Å². The molecule has 3 aromatic heterocycles. The lowest BCUT2D eigenvalue weighted by Gasteiger charge is -2.12. The highest BCUT2D eigenvalue weighted by molar-refractivity contribution is 7.08. The smallest absolute Gasteiger partial charge is 0.226 e. The second-order valence-electron chi connectivity index (χ2n) is 7.38. The highest BCUT2D eigenvalue weighted by Crippen LogP contribution is 2.25. The molecule has 0 fully saturated rings. The summed E-state index contributed by atoms with van der Waals surface area (Å²) in [7, 11) is 0. The first-order chi connectivity index (χ1) is 14.7. The van der Waals surface area contributed by atoms with Gasteiger partial charge in [0.2, 0.25) is 5.95 Å². The Morgan fingerprint density at radius 3 is 2.60 bits per heavy atom. The van der Waals surface area contributed by atoms with E-state index in [2.05, 4.69) is 80.5 Å². The average Bonchev–Trinajstić information content (AvgIpc) is 3.43. The summed E-state index contributed by atoms with van der Waals surface area (Å²) >= 11 is 1.70. The highest BCUT2D eigenvalue weighted by atomic mass is 32.1. The van der Waals surface area contributed by atoms with Gasteiger partial charge in [0, 0.05) is 25.7 Å². The van der Waals surface area contributed by atoms with Gasteiger partial charge < -0.3 is 20.3 Å². The Morgan fingerprint density at radius 2 is 1.90 bits per heavy atom. The number of hydrogen-bond donors (Lipinski definition) is 3. The minimum Gasteiger partial charge on any atom is -0.396 e. The van der Waals surface area contributed by atoms with Crippen LogP contribution in [0.25, 0.3) is 22.3 Å². The van der Waals surface area contributed by atoms with Gasteiger partial charge in [-0.1, -0.05) is 24.3 Å². The molecule has 156 valence electrons. The van der Waals surface area contributed by atoms with Gasteiger partial charge in [0.25, 0.3) is 0 Å². The fourth-order valence-corrected chi connectivity index (χ4v) is 3.87. The Labute approximate surface area is 179 Å². The van der Waals surface area contributed by atoms with Crippen molar-refractivity contribution in [2.75, 3.05) is 23.8 Å². The molecule has 0 spiro atoms. The van der Waals surface area contributed by atoms with E-state index in [0.717, 1.165) is 11.2 Å². The second kappa shape index (κ2) is 9.23. The predicted molar refractivity (Wildman–Crippen MR) is 123 cm³/mol. The van der Waals surface area contributed by atoms with Crippen molar-refractivity contribution in [2.24, 2.45) is 0 Å². The number of aliphatic hydroxyl groups excluding tert-OH is 1. The number of hydrogen-bond acceptors (Lipinski definition) is 7. The molecular formula is C22H26N6OS. The SMILES string of the molecule is CC(C)n1cnc2c(NCc3ccc(-c4ccsc4)cc3)nc(NCCCO)nc21. The lowest BCUT2D eigenvalue weighted by molar-refractivity contribution is 0.292. The van der Waals surface area contributed by atoms with Crippen molar-refractivity contribution in [2.45, 2.75) is 32.9 Å². The number of aliphatic hydroxyl groups is 1. The lowest BCUT2D eigenvalue weighted by atomic mass is 10.1. The normalized spacial score (nSPS) is 11.3. The van der Waals surface area contributed by atoms with E-state index in [9.17, 15) is 0 Å². The number of rotatable bonds is 9. The third-order valence-electron chi connectivity index (χ3n) is 4.86. The zero-order valence-electron chi connectivity index (χ0n) is 17.2. The molecule has 3 N–H and O–H groups in total. The number of nitrogens with zero attached hydrogens (tertiary/aromatic N) is 4. The summed E-state index contributed by atoms with van der Waals surface area (Å²) in [6, 6.07) is 10.9. The minimum atomic E-state index is 0.131. The molecule has 0 aliphatic heterocycles. The highest BCUT2D eigenvalue weighted by Gasteiger charge is 2.14. The number of anilines is 2. The number of fused-ring (bicyclic) bond motifs is 1. The van der Waals surface area contributed by atoms with Gasteiger partial charge in [-0.05, 0) is 53.8 Å². The Kier molecular flexibility index (Phi) is 6.25. The lowest BCUT2D eigenvalue weighted by Crippen LogP contribution is -2.11. The van der Waals surface area contributed by atoms with Crippen LogP contribution in [0.3, 0.4) is 0 Å². The van der Waals surface area contributed by atoms with Crippen molar-refractivity contribution < 1.29 is 5.11 Å². The maximum absolute atomic E-state index is 9.04. The van der Waals surface area contributed by atoms with Crippen LogP contribution in [0.1, 0.15) is 31.9 Å². The summed E-state index contributed by atoms with van der Waals surface area (Å²) in [4.78, 5) is 13.8. The molecule has 4 rings (SSSR count). The first kappa shape index (κ1) is 20.3. The van der Waals surface area contributed by atoms with Crippen molar-refractivity contribution in [3.05, 3.63) is 53.0 Å². The van der Waals surface area contributed by atoms with E-state index in [-0.39, 0.29) is 12.6 Å². The van der Waals surface area contributed by atoms with Crippen molar-refractivity contribution in [1.29, 1.82) is 0 Å². The van der Waals surface area contributed by atoms with Gasteiger partial charge in [-0.15, -0.1) is 0 Å². The van der Waals surface area contributed by atoms with Gasteiger partial charge in [0.05, 0.1) is 6.33 Å². The Morgan fingerprint density at radius 1 is 1.07 bits per heavy atom. The van der Waals surface area contributed by atoms with Crippen LogP contribution in [0.4, 0.5) is 11.8 Å². The zero-order chi connectivity index (χ0) is 20.9. The molecule has 0 unspecified atom stereocenters. The van der Waals surface area contributed by atoms with E-state index < -0.39 is 0 Å². The molecule has 0 bridgehead atoms. The Hall–Kier alpha value is -2.97. The summed E-state index contributed by atoms with van der Waals surface area (Å²) in [6.45, 7) is 5.59. The number of imidazole rings is 1. The molecule has 7 nitrogen and oxygen atoms in total. The van der Waals surface area contributed by atoms with Gasteiger partial charge in [-0.3, -0.25) is 0 Å². The third-order valence-corrected chi connectivity index (χ3v) is 5.55. The van der Waals surface area contributed by atoms with Crippen LogP contribution in [-0.4, -0.2) is 37.8 Å². The van der Waals surface area contributed by atoms with Gasteiger partial charge in [-0.25, -0.2) is 4.98 Å². The van der Waals surface area contributed by atoms with Crippen LogP contribution in [0.5, 0.6) is 0 Å². The van der Waals surface area contributed by atoms with E-state index in [4.69, 9.17) is 5.11 Å². The van der Waals surface area contributed by atoms with E-state index in [1.165, 1.54) is 16.7 Å². The molecule has 30 heavy (non-hydrogen) atoms. The fourth-order valence-electron chi connectivity index (χ4n) is 3.21. The summed E-state index contributed by atoms with van der Waals surface area (Å²) < 4.78 is 2.04. The molecule has 0 amide bonds. The molecule has 1 aromatic carbocycles. The summed E-state index contributed by atoms with van der Waals surface area (Å²) in [6.07, 6.45) is 2.45. The quantitative estimate of drug-likeness (QED) is 0.343.